The van der Waals surface area contributed by atoms with Gasteiger partial charge in [-0.15, -0.1) is 0 Å². The van der Waals surface area contributed by atoms with Crippen molar-refractivity contribution < 1.29 is 0 Å². The van der Waals surface area contributed by atoms with Crippen LogP contribution in [-0.4, -0.2) is 4.90 Å². The van der Waals surface area contributed by atoms with Crippen molar-refractivity contribution in [2.45, 2.75) is 20.3 Å². The fraction of sp³-hybridized carbons (Fsp3) is 0.158. The number of hydrogen-bond donors (Lipinski definition) is 0. The predicted molar refractivity (Wildman–Crippen MR) is 93.7 cm³/mol. The number of nitrogens with zero attached hydrogens (tertiary/aromatic N) is 1. The summed E-state index contributed by atoms with van der Waals surface area (Å²) in [6.07, 6.45) is 10.9. The molecule has 0 aromatic heterocycles. The molecule has 1 aliphatic rings. The first-order valence-electron chi connectivity index (χ1n) is 7.07. The second-order valence-electron chi connectivity index (χ2n) is 4.80. The van der Waals surface area contributed by atoms with Crippen LogP contribution in [0, 0.1) is 0 Å². The van der Waals surface area contributed by atoms with E-state index in [1.165, 1.54) is 5.70 Å². The van der Waals surface area contributed by atoms with Gasteiger partial charge in [-0.3, -0.25) is 0 Å². The highest BCUT2D eigenvalue weighted by molar-refractivity contribution is 6.32. The summed E-state index contributed by atoms with van der Waals surface area (Å²) in [7, 11) is 0. The topological polar surface area (TPSA) is 3.24 Å². The van der Waals surface area contributed by atoms with E-state index in [9.17, 15) is 0 Å². The molecule has 1 aromatic rings. The lowest BCUT2D eigenvalue weighted by atomic mass is 9.97. The van der Waals surface area contributed by atoms with Crippen LogP contribution < -0.4 is 0 Å². The van der Waals surface area contributed by atoms with Crippen LogP contribution in [0.25, 0.3) is 11.8 Å². The van der Waals surface area contributed by atoms with E-state index in [-0.39, 0.29) is 0 Å². The van der Waals surface area contributed by atoms with Crippen LogP contribution in [0.4, 0.5) is 0 Å². The Labute approximate surface area is 132 Å². The molecule has 0 radical (unpaired) electrons. The molecule has 0 unspecified atom stereocenters. The molecule has 2 heteroatoms. The minimum absolute atomic E-state index is 0.725. The minimum atomic E-state index is 0.725. The van der Waals surface area contributed by atoms with Gasteiger partial charge in [0.15, 0.2) is 0 Å². The lowest BCUT2D eigenvalue weighted by Crippen LogP contribution is -2.23. The highest BCUT2D eigenvalue weighted by atomic mass is 35.5. The van der Waals surface area contributed by atoms with Crippen molar-refractivity contribution in [3.05, 3.63) is 83.2 Å². The Balaban J connectivity index is 2.61. The third-order valence-electron chi connectivity index (χ3n) is 3.50. The second kappa shape index (κ2) is 6.64. The molecule has 2 rings (SSSR count). The fourth-order valence-corrected chi connectivity index (χ4v) is 2.80. The zero-order valence-corrected chi connectivity index (χ0v) is 13.3. The Kier molecular flexibility index (Phi) is 4.87. The normalized spacial score (nSPS) is 15.2. The van der Waals surface area contributed by atoms with Crippen molar-refractivity contribution in [1.82, 2.24) is 4.90 Å². The molecule has 0 fully saturated rings. The van der Waals surface area contributed by atoms with Gasteiger partial charge in [0, 0.05) is 22.7 Å². The quantitative estimate of drug-likeness (QED) is 0.614. The first-order chi connectivity index (χ1) is 10.1. The third kappa shape index (κ3) is 2.88. The van der Waals surface area contributed by atoms with E-state index in [4.69, 9.17) is 11.6 Å². The van der Waals surface area contributed by atoms with E-state index >= 15 is 0 Å². The molecule has 21 heavy (non-hydrogen) atoms. The molecule has 0 amide bonds. The number of fused-ring (bicyclic) bond motifs is 1. The Morgan fingerprint density at radius 3 is 2.76 bits per heavy atom. The summed E-state index contributed by atoms with van der Waals surface area (Å²) < 4.78 is 0. The van der Waals surface area contributed by atoms with Crippen molar-refractivity contribution in [3.8, 4) is 0 Å². The molecule has 0 atom stereocenters. The molecule has 1 nitrogen and oxygen atoms in total. The summed E-state index contributed by atoms with van der Waals surface area (Å²) >= 11 is 6.37. The van der Waals surface area contributed by atoms with Crippen LogP contribution >= 0.6 is 11.6 Å². The molecule has 108 valence electrons. The van der Waals surface area contributed by atoms with Crippen molar-refractivity contribution in [2.75, 3.05) is 0 Å². The number of allylic oxidation sites excluding steroid dienone is 5. The van der Waals surface area contributed by atoms with E-state index in [0.717, 1.165) is 34.0 Å². The third-order valence-corrected chi connectivity index (χ3v) is 3.82. The minimum Gasteiger partial charge on any atom is -0.314 e. The van der Waals surface area contributed by atoms with E-state index in [1.54, 1.807) is 0 Å². The van der Waals surface area contributed by atoms with Crippen molar-refractivity contribution >= 4 is 23.4 Å². The summed E-state index contributed by atoms with van der Waals surface area (Å²) in [4.78, 5) is 2.13. The van der Waals surface area contributed by atoms with E-state index < -0.39 is 0 Å². The summed E-state index contributed by atoms with van der Waals surface area (Å²) in [6.45, 7) is 12.3. The molecule has 0 N–H and O–H groups in total. The maximum absolute atomic E-state index is 6.37. The molecule has 0 saturated heterocycles. The first-order valence-corrected chi connectivity index (χ1v) is 7.45. The standard InChI is InChI=1S/C19H20ClN/c1-5-8-11-16(6-2)21-14(4)19-15(13-17(21)7-3)10-9-12-18(19)20/h5-6,8-13H,2,4,7H2,1,3H3/b8-5-,16-11+. The maximum Gasteiger partial charge on any atom is 0.0505 e. The number of rotatable bonds is 4. The van der Waals surface area contributed by atoms with Gasteiger partial charge in [-0.1, -0.05) is 56.0 Å². The van der Waals surface area contributed by atoms with Gasteiger partial charge in [0.1, 0.15) is 0 Å². The van der Waals surface area contributed by atoms with Gasteiger partial charge in [-0.2, -0.15) is 0 Å². The summed E-state index contributed by atoms with van der Waals surface area (Å²) in [5, 5.41) is 0.725. The van der Waals surface area contributed by atoms with Gasteiger partial charge < -0.3 is 4.90 Å². The van der Waals surface area contributed by atoms with Crippen LogP contribution in [0.1, 0.15) is 31.4 Å². The molecule has 1 heterocycles. The van der Waals surface area contributed by atoms with E-state index in [0.29, 0.717) is 0 Å². The largest absolute Gasteiger partial charge is 0.314 e. The van der Waals surface area contributed by atoms with Crippen LogP contribution in [0.3, 0.4) is 0 Å². The summed E-state index contributed by atoms with van der Waals surface area (Å²) in [5.74, 6) is 0. The molecular weight excluding hydrogens is 278 g/mol. The lowest BCUT2D eigenvalue weighted by molar-refractivity contribution is 0.596. The van der Waals surface area contributed by atoms with E-state index in [1.807, 2.05) is 43.4 Å². The Morgan fingerprint density at radius 1 is 1.38 bits per heavy atom. The Morgan fingerprint density at radius 2 is 2.14 bits per heavy atom. The van der Waals surface area contributed by atoms with Gasteiger partial charge >= 0.3 is 0 Å². The van der Waals surface area contributed by atoms with Gasteiger partial charge in [0.25, 0.3) is 0 Å². The zero-order chi connectivity index (χ0) is 15.4. The molecule has 0 spiro atoms. The highest BCUT2D eigenvalue weighted by Crippen LogP contribution is 2.39. The van der Waals surface area contributed by atoms with Gasteiger partial charge in [-0.25, -0.2) is 0 Å². The molecule has 0 aliphatic carbocycles. The van der Waals surface area contributed by atoms with Gasteiger partial charge in [-0.05, 0) is 43.2 Å². The average Bonchev–Trinajstić information content (AvgIpc) is 2.49. The van der Waals surface area contributed by atoms with Gasteiger partial charge in [0.05, 0.1) is 5.02 Å². The maximum atomic E-state index is 6.37. The Hall–Kier alpha value is -1.99. The highest BCUT2D eigenvalue weighted by Gasteiger charge is 2.24. The molecule has 0 bridgehead atoms. The molecule has 0 saturated carbocycles. The van der Waals surface area contributed by atoms with Crippen LogP contribution in [0.15, 0.2) is 67.1 Å². The molecular formula is C19H20ClN. The van der Waals surface area contributed by atoms with Crippen molar-refractivity contribution in [3.63, 3.8) is 0 Å². The monoisotopic (exact) mass is 297 g/mol. The lowest BCUT2D eigenvalue weighted by Gasteiger charge is -2.34. The Bertz CT molecular complexity index is 662. The second-order valence-corrected chi connectivity index (χ2v) is 5.20. The van der Waals surface area contributed by atoms with Crippen molar-refractivity contribution in [1.29, 1.82) is 0 Å². The van der Waals surface area contributed by atoms with Crippen molar-refractivity contribution in [2.24, 2.45) is 0 Å². The molecule has 1 aromatic carbocycles. The van der Waals surface area contributed by atoms with Crippen LogP contribution in [0.2, 0.25) is 5.02 Å². The number of benzene rings is 1. The fourth-order valence-electron chi connectivity index (χ4n) is 2.51. The summed E-state index contributed by atoms with van der Waals surface area (Å²) in [5.41, 5.74) is 5.19. The van der Waals surface area contributed by atoms with E-state index in [2.05, 4.69) is 37.1 Å². The molecule has 1 aliphatic heterocycles. The SMILES string of the molecule is C=C/C(=C\C=C/C)N1C(=C)c2c(Cl)cccc2C=C1CC. The van der Waals surface area contributed by atoms with Crippen LogP contribution in [0.5, 0.6) is 0 Å². The first kappa shape index (κ1) is 15.4. The predicted octanol–water partition coefficient (Wildman–Crippen LogP) is 6.02. The summed E-state index contributed by atoms with van der Waals surface area (Å²) in [6, 6.07) is 5.94. The van der Waals surface area contributed by atoms with Gasteiger partial charge in [0.2, 0.25) is 0 Å². The average molecular weight is 298 g/mol. The number of hydrogen-bond acceptors (Lipinski definition) is 1. The zero-order valence-electron chi connectivity index (χ0n) is 12.6. The van der Waals surface area contributed by atoms with Crippen LogP contribution in [-0.2, 0) is 0 Å². The number of halogens is 1. The smallest absolute Gasteiger partial charge is 0.0505 e.